The van der Waals surface area contributed by atoms with Crippen LogP contribution >= 0.6 is 27.7 Å². The Bertz CT molecular complexity index is 987. The van der Waals surface area contributed by atoms with Crippen LogP contribution in [0.15, 0.2) is 45.0 Å². The van der Waals surface area contributed by atoms with Crippen molar-refractivity contribution in [3.05, 3.63) is 51.2 Å². The number of alkyl halides is 2. The van der Waals surface area contributed by atoms with Crippen molar-refractivity contribution in [1.82, 2.24) is 19.1 Å². The highest BCUT2D eigenvalue weighted by molar-refractivity contribution is 9.10. The van der Waals surface area contributed by atoms with Crippen LogP contribution in [0.5, 0.6) is 0 Å². The molecule has 26 heavy (non-hydrogen) atoms. The zero-order valence-corrected chi connectivity index (χ0v) is 16.6. The fourth-order valence-electron chi connectivity index (χ4n) is 2.57. The van der Waals surface area contributed by atoms with Crippen molar-refractivity contribution in [1.29, 1.82) is 0 Å². The van der Waals surface area contributed by atoms with E-state index in [0.717, 1.165) is 9.04 Å². The Balaban J connectivity index is 2.01. The Hall–Kier alpha value is -1.74. The van der Waals surface area contributed by atoms with E-state index >= 15 is 0 Å². The van der Waals surface area contributed by atoms with Crippen molar-refractivity contribution in [3.8, 4) is 0 Å². The van der Waals surface area contributed by atoms with Gasteiger partial charge >= 0.3 is 6.55 Å². The number of nitrogens with zero attached hydrogens (tertiary/aromatic N) is 4. The molecule has 138 valence electrons. The molecule has 5 nitrogen and oxygen atoms in total. The maximum atomic E-state index is 13.0. The number of rotatable bonds is 6. The smallest absolute Gasteiger partial charge is 0.287 e. The Morgan fingerprint density at radius 1 is 1.31 bits per heavy atom. The first kappa shape index (κ1) is 19.0. The summed E-state index contributed by atoms with van der Waals surface area (Å²) in [5.41, 5.74) is 0.447. The lowest BCUT2D eigenvalue weighted by Gasteiger charge is -2.15. The van der Waals surface area contributed by atoms with Gasteiger partial charge < -0.3 is 0 Å². The second-order valence-corrected chi connectivity index (χ2v) is 8.04. The molecule has 0 spiro atoms. The van der Waals surface area contributed by atoms with Crippen molar-refractivity contribution in [2.45, 2.75) is 37.9 Å². The lowest BCUT2D eigenvalue weighted by molar-refractivity contribution is 0.0678. The molecule has 3 rings (SSSR count). The molecule has 2 heterocycles. The van der Waals surface area contributed by atoms with Gasteiger partial charge in [0.2, 0.25) is 0 Å². The average molecular weight is 443 g/mol. The van der Waals surface area contributed by atoms with E-state index in [1.54, 1.807) is 16.7 Å². The topological polar surface area (TPSA) is 52.7 Å². The molecule has 0 aliphatic heterocycles. The highest BCUT2D eigenvalue weighted by atomic mass is 79.9. The van der Waals surface area contributed by atoms with Gasteiger partial charge in [-0.05, 0) is 24.1 Å². The first-order valence-corrected chi connectivity index (χ1v) is 9.77. The molecule has 0 aliphatic rings. The van der Waals surface area contributed by atoms with E-state index in [-0.39, 0.29) is 23.1 Å². The van der Waals surface area contributed by atoms with E-state index in [0.29, 0.717) is 22.6 Å². The van der Waals surface area contributed by atoms with E-state index in [9.17, 15) is 13.6 Å². The summed E-state index contributed by atoms with van der Waals surface area (Å²) in [4.78, 5) is 21.5. The number of imidazole rings is 1. The van der Waals surface area contributed by atoms with Gasteiger partial charge in [-0.3, -0.25) is 13.9 Å². The fraction of sp³-hybridized carbons (Fsp3) is 0.353. The largest absolute Gasteiger partial charge is 0.319 e. The van der Waals surface area contributed by atoms with Crippen LogP contribution in [-0.2, 0) is 12.3 Å². The molecule has 3 aromatic rings. The molecular formula is C17H17BrF2N4OS. The van der Waals surface area contributed by atoms with Crippen LogP contribution in [0.1, 0.15) is 26.2 Å². The molecule has 0 atom stereocenters. The highest BCUT2D eigenvalue weighted by Gasteiger charge is 2.16. The van der Waals surface area contributed by atoms with Gasteiger partial charge in [-0.15, -0.1) is 0 Å². The van der Waals surface area contributed by atoms with Gasteiger partial charge in [-0.25, -0.2) is 9.97 Å². The maximum absolute atomic E-state index is 13.0. The van der Waals surface area contributed by atoms with E-state index in [2.05, 4.69) is 25.9 Å². The lowest BCUT2D eigenvalue weighted by atomic mass is 10.2. The van der Waals surface area contributed by atoms with Gasteiger partial charge in [0, 0.05) is 23.4 Å². The summed E-state index contributed by atoms with van der Waals surface area (Å²) >= 11 is 4.61. The minimum absolute atomic E-state index is 0.135. The molecule has 1 aromatic carbocycles. The van der Waals surface area contributed by atoms with E-state index in [1.165, 1.54) is 24.2 Å². The normalized spacial score (nSPS) is 11.8. The minimum atomic E-state index is -2.65. The number of hydrogen-bond acceptors (Lipinski definition) is 4. The van der Waals surface area contributed by atoms with Crippen LogP contribution in [0.2, 0.25) is 0 Å². The lowest BCUT2D eigenvalue weighted by Crippen LogP contribution is -2.25. The van der Waals surface area contributed by atoms with Crippen molar-refractivity contribution < 1.29 is 8.78 Å². The van der Waals surface area contributed by atoms with Crippen LogP contribution in [0.3, 0.4) is 0 Å². The number of thioether (sulfide) groups is 1. The molecule has 0 N–H and O–H groups in total. The second-order valence-electron chi connectivity index (χ2n) is 6.18. The van der Waals surface area contributed by atoms with Gasteiger partial charge in [-0.1, -0.05) is 41.5 Å². The van der Waals surface area contributed by atoms with Gasteiger partial charge in [0.05, 0.1) is 16.7 Å². The molecule has 0 saturated heterocycles. The fourth-order valence-corrected chi connectivity index (χ4v) is 3.89. The van der Waals surface area contributed by atoms with Crippen molar-refractivity contribution in [2.24, 2.45) is 5.92 Å². The van der Waals surface area contributed by atoms with Gasteiger partial charge in [0.15, 0.2) is 5.16 Å². The second kappa shape index (κ2) is 7.87. The minimum Gasteiger partial charge on any atom is -0.287 e. The van der Waals surface area contributed by atoms with Crippen molar-refractivity contribution in [2.75, 3.05) is 0 Å². The summed E-state index contributed by atoms with van der Waals surface area (Å²) in [6.45, 7) is 1.87. The Labute approximate surface area is 161 Å². The molecule has 0 unspecified atom stereocenters. The molecule has 0 radical (unpaired) electrons. The van der Waals surface area contributed by atoms with Crippen molar-refractivity contribution >= 4 is 38.6 Å². The molecule has 2 aromatic heterocycles. The zero-order valence-electron chi connectivity index (χ0n) is 14.2. The Kier molecular flexibility index (Phi) is 5.76. The predicted octanol–water partition coefficient (Wildman–Crippen LogP) is 4.70. The molecule has 0 amide bonds. The standard InChI is InChI=1S/C17H17BrF2N4OS/c1-10(2)8-24-15(25)12-7-11(18)3-4-13(12)22-17(24)26-9-14-21-5-6-23(14)16(19)20/h3-7,10,16H,8-9H2,1-2H3. The summed E-state index contributed by atoms with van der Waals surface area (Å²) in [7, 11) is 0. The molecule has 0 aliphatic carbocycles. The number of benzene rings is 1. The first-order valence-electron chi connectivity index (χ1n) is 7.99. The van der Waals surface area contributed by atoms with Crippen LogP contribution < -0.4 is 5.56 Å². The summed E-state index contributed by atoms with van der Waals surface area (Å²) in [5, 5.41) is 1.03. The summed E-state index contributed by atoms with van der Waals surface area (Å²) in [6, 6.07) is 5.34. The SMILES string of the molecule is CC(C)Cn1c(SCc2nccn2C(F)F)nc2ccc(Br)cc2c1=O. The number of halogens is 3. The van der Waals surface area contributed by atoms with Gasteiger partial charge in [-0.2, -0.15) is 8.78 Å². The third-order valence-corrected chi connectivity index (χ3v) is 5.18. The third kappa shape index (κ3) is 3.98. The monoisotopic (exact) mass is 442 g/mol. The molecule has 0 saturated carbocycles. The van der Waals surface area contributed by atoms with Crippen LogP contribution in [0.25, 0.3) is 10.9 Å². The molecule has 9 heteroatoms. The number of aromatic nitrogens is 4. The highest BCUT2D eigenvalue weighted by Crippen LogP contribution is 2.25. The first-order chi connectivity index (χ1) is 12.4. The van der Waals surface area contributed by atoms with Gasteiger partial charge in [0.1, 0.15) is 5.82 Å². The quantitative estimate of drug-likeness (QED) is 0.410. The predicted molar refractivity (Wildman–Crippen MR) is 102 cm³/mol. The van der Waals surface area contributed by atoms with Gasteiger partial charge in [0.25, 0.3) is 5.56 Å². The summed E-state index contributed by atoms with van der Waals surface area (Å²) in [5.74, 6) is 0.678. The summed E-state index contributed by atoms with van der Waals surface area (Å²) in [6.07, 6.45) is 2.59. The number of fused-ring (bicyclic) bond motifs is 1. The van der Waals surface area contributed by atoms with E-state index in [4.69, 9.17) is 0 Å². The van der Waals surface area contributed by atoms with Crippen LogP contribution in [0, 0.1) is 5.92 Å². The molecular weight excluding hydrogens is 426 g/mol. The van der Waals surface area contributed by atoms with Crippen LogP contribution in [0.4, 0.5) is 8.78 Å². The zero-order chi connectivity index (χ0) is 18.8. The Morgan fingerprint density at radius 2 is 2.08 bits per heavy atom. The summed E-state index contributed by atoms with van der Waals surface area (Å²) < 4.78 is 29.2. The average Bonchev–Trinajstić information content (AvgIpc) is 3.05. The Morgan fingerprint density at radius 3 is 2.77 bits per heavy atom. The maximum Gasteiger partial charge on any atom is 0.319 e. The molecule has 0 bridgehead atoms. The third-order valence-electron chi connectivity index (χ3n) is 3.72. The molecule has 0 fully saturated rings. The van der Waals surface area contributed by atoms with E-state index < -0.39 is 6.55 Å². The van der Waals surface area contributed by atoms with Crippen LogP contribution in [-0.4, -0.2) is 19.1 Å². The van der Waals surface area contributed by atoms with E-state index in [1.807, 2.05) is 19.9 Å². The number of hydrogen-bond donors (Lipinski definition) is 0. The van der Waals surface area contributed by atoms with Crippen molar-refractivity contribution in [3.63, 3.8) is 0 Å².